The fourth-order valence-electron chi connectivity index (χ4n) is 1.42. The third-order valence-electron chi connectivity index (χ3n) is 3.10. The van der Waals surface area contributed by atoms with E-state index in [0.717, 1.165) is 5.13 Å². The highest BCUT2D eigenvalue weighted by Gasteiger charge is 2.35. The van der Waals surface area contributed by atoms with Crippen LogP contribution >= 0.6 is 11.3 Å². The lowest BCUT2D eigenvalue weighted by atomic mass is 9.90. The van der Waals surface area contributed by atoms with Crippen molar-refractivity contribution >= 4 is 22.4 Å². The van der Waals surface area contributed by atoms with Gasteiger partial charge < -0.3 is 10.4 Å². The van der Waals surface area contributed by atoms with Gasteiger partial charge in [-0.25, -0.2) is 4.98 Å². The van der Waals surface area contributed by atoms with Crippen molar-refractivity contribution in [2.75, 3.05) is 5.32 Å². The van der Waals surface area contributed by atoms with Crippen LogP contribution in [-0.2, 0) is 10.2 Å². The standard InChI is InChI=1S/C11H16N2O2S/c1-6-4-7(6)12-10-13-8(5-16-10)11(2,3)9(14)15/h5-7H,4H2,1-3H3,(H,12,13)(H,14,15). The maximum atomic E-state index is 11.1. The van der Waals surface area contributed by atoms with Gasteiger partial charge in [-0.1, -0.05) is 6.92 Å². The van der Waals surface area contributed by atoms with Crippen LogP contribution in [0.1, 0.15) is 32.9 Å². The lowest BCUT2D eigenvalue weighted by Crippen LogP contribution is -2.28. The van der Waals surface area contributed by atoms with E-state index in [1.165, 1.54) is 17.8 Å². The summed E-state index contributed by atoms with van der Waals surface area (Å²) in [5.41, 5.74) is -0.285. The zero-order valence-corrected chi connectivity index (χ0v) is 10.5. The SMILES string of the molecule is CC1CC1Nc1nc(C(C)(C)C(=O)O)cs1. The third-order valence-corrected chi connectivity index (χ3v) is 3.87. The van der Waals surface area contributed by atoms with Crippen molar-refractivity contribution in [3.63, 3.8) is 0 Å². The largest absolute Gasteiger partial charge is 0.481 e. The minimum absolute atomic E-state index is 0.520. The summed E-state index contributed by atoms with van der Waals surface area (Å²) in [6, 6.07) is 0.520. The Morgan fingerprint density at radius 3 is 2.81 bits per heavy atom. The second kappa shape index (κ2) is 3.73. The van der Waals surface area contributed by atoms with Gasteiger partial charge in [-0.3, -0.25) is 4.79 Å². The van der Waals surface area contributed by atoms with Crippen LogP contribution in [0.5, 0.6) is 0 Å². The monoisotopic (exact) mass is 240 g/mol. The molecule has 0 saturated heterocycles. The number of carboxylic acid groups (broad SMARTS) is 1. The Kier molecular flexibility index (Phi) is 2.66. The van der Waals surface area contributed by atoms with Crippen molar-refractivity contribution < 1.29 is 9.90 Å². The van der Waals surface area contributed by atoms with E-state index in [1.54, 1.807) is 13.8 Å². The van der Waals surface area contributed by atoms with Crippen LogP contribution in [0.25, 0.3) is 0 Å². The van der Waals surface area contributed by atoms with E-state index in [1.807, 2.05) is 5.38 Å². The van der Waals surface area contributed by atoms with Gasteiger partial charge in [0.25, 0.3) is 0 Å². The molecule has 2 rings (SSSR count). The number of anilines is 1. The molecule has 16 heavy (non-hydrogen) atoms. The topological polar surface area (TPSA) is 62.2 Å². The van der Waals surface area contributed by atoms with Crippen LogP contribution in [0.3, 0.4) is 0 Å². The number of nitrogens with one attached hydrogen (secondary N) is 1. The van der Waals surface area contributed by atoms with Crippen LogP contribution in [0.4, 0.5) is 5.13 Å². The molecule has 1 aromatic heterocycles. The number of carbonyl (C=O) groups is 1. The number of thiazole rings is 1. The van der Waals surface area contributed by atoms with Gasteiger partial charge >= 0.3 is 5.97 Å². The number of aromatic nitrogens is 1. The predicted octanol–water partition coefficient (Wildman–Crippen LogP) is 2.33. The molecule has 5 heteroatoms. The molecular weight excluding hydrogens is 224 g/mol. The van der Waals surface area contributed by atoms with E-state index in [9.17, 15) is 4.79 Å². The Hall–Kier alpha value is -1.10. The summed E-state index contributed by atoms with van der Waals surface area (Å²) < 4.78 is 0. The lowest BCUT2D eigenvalue weighted by molar-refractivity contribution is -0.142. The molecule has 1 heterocycles. The fourth-order valence-corrected chi connectivity index (χ4v) is 2.36. The van der Waals surface area contributed by atoms with Crippen LogP contribution in [0.15, 0.2) is 5.38 Å². The molecule has 1 aromatic rings. The molecule has 0 radical (unpaired) electrons. The number of rotatable bonds is 4. The van der Waals surface area contributed by atoms with E-state index in [2.05, 4.69) is 17.2 Å². The van der Waals surface area contributed by atoms with Gasteiger partial charge in [0.15, 0.2) is 5.13 Å². The van der Waals surface area contributed by atoms with Gasteiger partial charge in [0.05, 0.1) is 5.69 Å². The first-order valence-corrected chi connectivity index (χ1v) is 6.25. The van der Waals surface area contributed by atoms with E-state index in [-0.39, 0.29) is 0 Å². The van der Waals surface area contributed by atoms with Crippen LogP contribution in [0, 0.1) is 5.92 Å². The van der Waals surface area contributed by atoms with Crippen molar-refractivity contribution in [3.05, 3.63) is 11.1 Å². The van der Waals surface area contributed by atoms with E-state index in [0.29, 0.717) is 17.7 Å². The van der Waals surface area contributed by atoms with Crippen LogP contribution < -0.4 is 5.32 Å². The molecule has 1 aliphatic carbocycles. The van der Waals surface area contributed by atoms with Crippen molar-refractivity contribution in [2.24, 2.45) is 5.92 Å². The Balaban J connectivity index is 2.10. The summed E-state index contributed by atoms with van der Waals surface area (Å²) in [4.78, 5) is 15.4. The number of hydrogen-bond acceptors (Lipinski definition) is 4. The first-order chi connectivity index (χ1) is 7.41. The van der Waals surface area contributed by atoms with E-state index >= 15 is 0 Å². The first kappa shape index (κ1) is 11.4. The highest BCUT2D eigenvalue weighted by molar-refractivity contribution is 7.13. The van der Waals surface area contributed by atoms with Crippen molar-refractivity contribution in [2.45, 2.75) is 38.6 Å². The van der Waals surface area contributed by atoms with Gasteiger partial charge in [-0.2, -0.15) is 0 Å². The van der Waals surface area contributed by atoms with Crippen LogP contribution in [-0.4, -0.2) is 22.1 Å². The Bertz CT molecular complexity index is 414. The highest BCUT2D eigenvalue weighted by Crippen LogP contribution is 2.35. The normalized spacial score (nSPS) is 24.2. The highest BCUT2D eigenvalue weighted by atomic mass is 32.1. The summed E-state index contributed by atoms with van der Waals surface area (Å²) in [5, 5.41) is 15.1. The smallest absolute Gasteiger partial charge is 0.315 e. The zero-order chi connectivity index (χ0) is 11.9. The second-order valence-corrected chi connectivity index (χ2v) is 5.79. The number of hydrogen-bond donors (Lipinski definition) is 2. The molecule has 2 N–H and O–H groups in total. The molecule has 4 nitrogen and oxygen atoms in total. The Morgan fingerprint density at radius 2 is 2.31 bits per heavy atom. The van der Waals surface area contributed by atoms with E-state index < -0.39 is 11.4 Å². The Labute approximate surface area is 98.7 Å². The zero-order valence-electron chi connectivity index (χ0n) is 9.65. The van der Waals surface area contributed by atoms with Gasteiger partial charge in [0, 0.05) is 11.4 Å². The molecule has 1 saturated carbocycles. The van der Waals surface area contributed by atoms with Gasteiger partial charge in [-0.15, -0.1) is 11.3 Å². The maximum Gasteiger partial charge on any atom is 0.315 e. The molecule has 1 aliphatic rings. The van der Waals surface area contributed by atoms with Crippen LogP contribution in [0.2, 0.25) is 0 Å². The van der Waals surface area contributed by atoms with Gasteiger partial charge in [-0.05, 0) is 26.2 Å². The summed E-state index contributed by atoms with van der Waals surface area (Å²) in [7, 11) is 0. The van der Waals surface area contributed by atoms with Crippen molar-refractivity contribution in [3.8, 4) is 0 Å². The molecule has 0 aromatic carbocycles. The fraction of sp³-hybridized carbons (Fsp3) is 0.636. The van der Waals surface area contributed by atoms with Gasteiger partial charge in [0.2, 0.25) is 0 Å². The summed E-state index contributed by atoms with van der Waals surface area (Å²) in [6.45, 7) is 5.54. The molecule has 0 amide bonds. The first-order valence-electron chi connectivity index (χ1n) is 5.37. The summed E-state index contributed by atoms with van der Waals surface area (Å²) in [5.74, 6) is -0.135. The average Bonchev–Trinajstić information content (AvgIpc) is 2.70. The van der Waals surface area contributed by atoms with Crippen molar-refractivity contribution in [1.29, 1.82) is 0 Å². The summed E-state index contributed by atoms with van der Waals surface area (Å²) in [6.07, 6.45) is 1.18. The molecule has 88 valence electrons. The molecule has 1 fully saturated rings. The average molecular weight is 240 g/mol. The molecular formula is C11H16N2O2S. The quantitative estimate of drug-likeness (QED) is 0.848. The number of aliphatic carboxylic acids is 1. The molecule has 0 bridgehead atoms. The van der Waals surface area contributed by atoms with Crippen molar-refractivity contribution in [1.82, 2.24) is 4.98 Å². The third kappa shape index (κ3) is 2.04. The minimum Gasteiger partial charge on any atom is -0.481 e. The maximum absolute atomic E-state index is 11.1. The Morgan fingerprint density at radius 1 is 1.69 bits per heavy atom. The minimum atomic E-state index is -0.911. The number of nitrogens with zero attached hydrogens (tertiary/aromatic N) is 1. The molecule has 2 atom stereocenters. The molecule has 0 spiro atoms. The van der Waals surface area contributed by atoms with Gasteiger partial charge in [0.1, 0.15) is 5.41 Å². The second-order valence-electron chi connectivity index (χ2n) is 4.93. The predicted molar refractivity (Wildman–Crippen MR) is 64.0 cm³/mol. The summed E-state index contributed by atoms with van der Waals surface area (Å²) >= 11 is 1.48. The number of carboxylic acids is 1. The molecule has 0 aliphatic heterocycles. The lowest BCUT2D eigenvalue weighted by Gasteiger charge is -2.15. The van der Waals surface area contributed by atoms with E-state index in [4.69, 9.17) is 5.11 Å². The molecule has 2 unspecified atom stereocenters.